The Hall–Kier alpha value is -8.18. The standard InChI is InChI=1S/C59H37N5O.Pt/c1-4-15-41(16-5-1)46-35-47(62-40-63(56-26-13-12-25-55(56)62)59-50(43-17-6-2-7-18-43)22-14-23-51(59)44-19-8-3-9-20-44)37-49(36-46)65-48-28-29-53-52-21-10-11-24-54(52)64(57(53)38-48)58-30-27-45(39-61-58)42-31-33-60-34-32-42;/h1-36,39H;/q-2;. The molecule has 0 N–H and O–H groups in total. The van der Waals surface area contributed by atoms with Gasteiger partial charge in [-0.2, -0.15) is 0 Å². The van der Waals surface area contributed by atoms with Crippen LogP contribution in [0.15, 0.2) is 225 Å². The van der Waals surface area contributed by atoms with Crippen molar-refractivity contribution in [2.45, 2.75) is 0 Å². The van der Waals surface area contributed by atoms with Crippen molar-refractivity contribution in [1.82, 2.24) is 23.7 Å². The van der Waals surface area contributed by atoms with Crippen LogP contribution >= 0.6 is 0 Å². The summed E-state index contributed by atoms with van der Waals surface area (Å²) in [5, 5.41) is 2.17. The average molecular weight is 1030 g/mol. The molecule has 12 rings (SSSR count). The van der Waals surface area contributed by atoms with Crippen LogP contribution in [-0.2, 0) is 19.4 Å². The van der Waals surface area contributed by atoms with E-state index in [0.717, 1.165) is 98.3 Å². The maximum atomic E-state index is 6.90. The van der Waals surface area contributed by atoms with Gasteiger partial charge in [0, 0.05) is 24.2 Å². The molecule has 6 nitrogen and oxygen atoms in total. The zero-order valence-corrected chi connectivity index (χ0v) is 37.6. The topological polar surface area (TPSA) is 49.8 Å². The van der Waals surface area contributed by atoms with Gasteiger partial charge in [0.2, 0.25) is 0 Å². The van der Waals surface area contributed by atoms with Crippen molar-refractivity contribution < 1.29 is 24.1 Å². The third kappa shape index (κ3) is 7.00. The summed E-state index contributed by atoms with van der Waals surface area (Å²) >= 11 is 2.49. The second-order valence-electron chi connectivity index (χ2n) is 16.0. The summed E-state index contributed by atoms with van der Waals surface area (Å²) < 4.78 is 14.7. The Balaban J connectivity index is 1.03. The monoisotopic (exact) mass is 1030 g/mol. The van der Waals surface area contributed by atoms with E-state index in [2.05, 4.69) is 232 Å². The molecule has 0 spiro atoms. The fourth-order valence-corrected chi connectivity index (χ4v) is 10.1. The number of imidazole rings is 1. The summed E-state index contributed by atoms with van der Waals surface area (Å²) in [6.45, 7) is 0. The Morgan fingerprint density at radius 1 is 0.424 bits per heavy atom. The first-order valence-corrected chi connectivity index (χ1v) is 22.9. The summed E-state index contributed by atoms with van der Waals surface area (Å²) in [7, 11) is 0. The quantitative estimate of drug-likeness (QED) is 0.135. The molecule has 316 valence electrons. The van der Waals surface area contributed by atoms with E-state index < -0.39 is 0 Å². The summed E-state index contributed by atoms with van der Waals surface area (Å²) in [5.41, 5.74) is 14.7. The van der Waals surface area contributed by atoms with Crippen LogP contribution in [0, 0.1) is 15.9 Å². The number of hydrogen-bond acceptors (Lipinski definition) is 3. The normalized spacial score (nSPS) is 11.4. The Labute approximate surface area is 392 Å². The van der Waals surface area contributed by atoms with Crippen LogP contribution in [-0.4, -0.2) is 23.7 Å². The van der Waals surface area contributed by atoms with E-state index >= 15 is 0 Å². The predicted octanol–water partition coefficient (Wildman–Crippen LogP) is 14.4. The SMILES string of the molecule is [Pt]=[c]1n(-c2[c-]c(Oc3[c-]c4c(cc3)c3ccccc3n4-c3ccc(-c4ccncc4)cn3)cc(-c3ccccc3)c2)c2ccccc2n1-c1c(-c2ccccc2)cccc1-c1ccccc1. The molecule has 12 aromatic rings. The first-order chi connectivity index (χ1) is 32.7. The predicted molar refractivity (Wildman–Crippen MR) is 262 cm³/mol. The number of nitrogens with zero attached hydrogens (tertiary/aromatic N) is 5. The number of hydrogen-bond donors (Lipinski definition) is 0. The van der Waals surface area contributed by atoms with Gasteiger partial charge in [-0.05, 0) is 23.8 Å². The summed E-state index contributed by atoms with van der Waals surface area (Å²) in [6.07, 6.45) is 5.51. The first kappa shape index (κ1) is 39.4. The fraction of sp³-hybridized carbons (Fsp3) is 0. The molecule has 0 amide bonds. The number of para-hydroxylation sites is 4. The van der Waals surface area contributed by atoms with Crippen LogP contribution in [0.2, 0.25) is 0 Å². The van der Waals surface area contributed by atoms with Gasteiger partial charge in [-0.1, -0.05) is 12.1 Å². The molecule has 0 saturated heterocycles. The van der Waals surface area contributed by atoms with Crippen molar-refractivity contribution in [3.63, 3.8) is 0 Å². The van der Waals surface area contributed by atoms with Gasteiger partial charge in [0.1, 0.15) is 0 Å². The number of benzene rings is 8. The summed E-state index contributed by atoms with van der Waals surface area (Å²) in [5.74, 6) is 1.93. The number of pyridine rings is 2. The molecular formula is C59H37N5OPt-2. The molecule has 0 fully saturated rings. The summed E-state index contributed by atoms with van der Waals surface area (Å²) in [4.78, 5) is 9.16. The molecule has 0 bridgehead atoms. The molecule has 0 saturated carbocycles. The first-order valence-electron chi connectivity index (χ1n) is 21.7. The minimum atomic E-state index is 0.568. The van der Waals surface area contributed by atoms with Gasteiger partial charge < -0.3 is 0 Å². The second-order valence-corrected chi connectivity index (χ2v) is 17.0. The van der Waals surface area contributed by atoms with Crippen molar-refractivity contribution in [3.8, 4) is 73.2 Å². The molecule has 8 aromatic carbocycles. The number of fused-ring (bicyclic) bond motifs is 4. The Morgan fingerprint density at radius 3 is 1.70 bits per heavy atom. The van der Waals surface area contributed by atoms with Crippen molar-refractivity contribution >= 4 is 32.8 Å². The number of aromatic nitrogens is 5. The van der Waals surface area contributed by atoms with E-state index in [1.54, 1.807) is 12.4 Å². The van der Waals surface area contributed by atoms with Crippen molar-refractivity contribution in [2.75, 3.05) is 0 Å². The van der Waals surface area contributed by atoms with E-state index in [9.17, 15) is 0 Å². The molecule has 66 heavy (non-hydrogen) atoms. The van der Waals surface area contributed by atoms with Crippen LogP contribution in [0.25, 0.3) is 94.5 Å². The van der Waals surface area contributed by atoms with Crippen LogP contribution < -0.4 is 4.74 Å². The van der Waals surface area contributed by atoms with Crippen LogP contribution in [0.5, 0.6) is 11.5 Å². The average Bonchev–Trinajstić information content (AvgIpc) is 3.87. The van der Waals surface area contributed by atoms with Crippen LogP contribution in [0.1, 0.15) is 0 Å². The third-order valence-corrected chi connectivity index (χ3v) is 13.1. The van der Waals surface area contributed by atoms with Gasteiger partial charge in [0.15, 0.2) is 0 Å². The van der Waals surface area contributed by atoms with Crippen LogP contribution in [0.3, 0.4) is 0 Å². The molecule has 0 unspecified atom stereocenters. The molecule has 0 aliphatic rings. The molecule has 0 atom stereocenters. The molecule has 0 aliphatic carbocycles. The Kier molecular flexibility index (Phi) is 10.00. The van der Waals surface area contributed by atoms with E-state index in [4.69, 9.17) is 9.72 Å². The van der Waals surface area contributed by atoms with Gasteiger partial charge in [-0.25, -0.2) is 0 Å². The van der Waals surface area contributed by atoms with Crippen molar-refractivity contribution in [2.24, 2.45) is 0 Å². The van der Waals surface area contributed by atoms with Gasteiger partial charge >= 0.3 is 330 Å². The molecular weight excluding hydrogens is 990 g/mol. The second kappa shape index (κ2) is 16.7. The van der Waals surface area contributed by atoms with Gasteiger partial charge in [-0.3, -0.25) is 4.98 Å². The zero-order valence-electron chi connectivity index (χ0n) is 35.3. The van der Waals surface area contributed by atoms with Gasteiger partial charge in [0.25, 0.3) is 0 Å². The maximum absolute atomic E-state index is 6.90. The van der Waals surface area contributed by atoms with Crippen molar-refractivity contribution in [3.05, 3.63) is 241 Å². The molecule has 4 heterocycles. The zero-order chi connectivity index (χ0) is 44.0. The Morgan fingerprint density at radius 2 is 1.03 bits per heavy atom. The van der Waals surface area contributed by atoms with E-state index in [0.29, 0.717) is 11.5 Å². The number of ether oxygens (including phenoxy) is 1. The summed E-state index contributed by atoms with van der Waals surface area (Å²) in [6, 6.07) is 79.3. The number of rotatable bonds is 9. The molecule has 7 heteroatoms. The van der Waals surface area contributed by atoms with E-state index in [1.165, 1.54) is 0 Å². The van der Waals surface area contributed by atoms with Gasteiger partial charge in [0.05, 0.1) is 0 Å². The molecule has 0 aliphatic heterocycles. The van der Waals surface area contributed by atoms with Crippen molar-refractivity contribution in [1.29, 1.82) is 0 Å². The van der Waals surface area contributed by atoms with Crippen LogP contribution in [0.4, 0.5) is 0 Å². The third-order valence-electron chi connectivity index (χ3n) is 12.1. The van der Waals surface area contributed by atoms with Gasteiger partial charge in [-0.15, -0.1) is 0 Å². The fourth-order valence-electron chi connectivity index (χ4n) is 9.06. The molecule has 4 aromatic heterocycles. The minimum absolute atomic E-state index is 0.568. The van der Waals surface area contributed by atoms with E-state index in [1.807, 2.05) is 30.5 Å². The molecule has 0 radical (unpaired) electrons. The van der Waals surface area contributed by atoms with E-state index in [-0.39, 0.29) is 0 Å². The Bertz CT molecular complexity index is 3730.